The molecule has 0 aliphatic carbocycles. The van der Waals surface area contributed by atoms with Gasteiger partial charge in [-0.1, -0.05) is 266 Å². The van der Waals surface area contributed by atoms with Crippen molar-refractivity contribution < 1.29 is 28.6 Å². The second kappa shape index (κ2) is 47.9. The van der Waals surface area contributed by atoms with Crippen molar-refractivity contribution in [3.63, 3.8) is 0 Å². The van der Waals surface area contributed by atoms with Gasteiger partial charge in [-0.3, -0.25) is 14.4 Å². The summed E-state index contributed by atoms with van der Waals surface area (Å²) >= 11 is 0. The van der Waals surface area contributed by atoms with Gasteiger partial charge in [0.1, 0.15) is 13.2 Å². The first-order valence-electron chi connectivity index (χ1n) is 27.2. The first-order chi connectivity index (χ1) is 29.7. The van der Waals surface area contributed by atoms with Gasteiger partial charge in [0, 0.05) is 19.3 Å². The highest BCUT2D eigenvalue weighted by Gasteiger charge is 2.19. The van der Waals surface area contributed by atoms with Crippen molar-refractivity contribution in [2.75, 3.05) is 13.2 Å². The van der Waals surface area contributed by atoms with Gasteiger partial charge in [-0.2, -0.15) is 0 Å². The average molecular weight is 863 g/mol. The third kappa shape index (κ3) is 49.3. The average Bonchev–Trinajstić information content (AvgIpc) is 3.23. The van der Waals surface area contributed by atoms with E-state index in [0.29, 0.717) is 19.3 Å². The normalized spacial score (nSPS) is 12.0. The standard InChI is InChI=1S/C55H106O6/c1-6-7-8-9-10-11-12-13-17-20-25-30-35-40-45-53(56)59-48-52(61-55(58)47-42-37-32-27-22-24-29-34-39-44-51(4)5)49-60-54(57)46-41-36-31-26-21-18-15-14-16-19-23-28-33-38-43-50(2)3/h50-52H,6-49H2,1-5H3/t52-/m0/s1. The zero-order valence-corrected chi connectivity index (χ0v) is 41.8. The summed E-state index contributed by atoms with van der Waals surface area (Å²) in [4.78, 5) is 38.0. The Morgan fingerprint density at radius 2 is 0.541 bits per heavy atom. The molecule has 0 saturated carbocycles. The van der Waals surface area contributed by atoms with Gasteiger partial charge >= 0.3 is 17.9 Å². The Balaban J connectivity index is 4.28. The number of rotatable bonds is 49. The second-order valence-corrected chi connectivity index (χ2v) is 19.8. The molecule has 0 aliphatic heterocycles. The van der Waals surface area contributed by atoms with E-state index in [9.17, 15) is 14.4 Å². The van der Waals surface area contributed by atoms with Gasteiger partial charge in [0.15, 0.2) is 6.10 Å². The molecule has 0 amide bonds. The molecule has 0 aliphatic rings. The zero-order chi connectivity index (χ0) is 44.7. The summed E-state index contributed by atoms with van der Waals surface area (Å²) in [6, 6.07) is 0. The molecule has 0 radical (unpaired) electrons. The Kier molecular flexibility index (Phi) is 46.6. The van der Waals surface area contributed by atoms with Crippen LogP contribution >= 0.6 is 0 Å². The number of hydrogen-bond donors (Lipinski definition) is 0. The topological polar surface area (TPSA) is 78.9 Å². The van der Waals surface area contributed by atoms with Crippen LogP contribution in [0.2, 0.25) is 0 Å². The fraction of sp³-hybridized carbons (Fsp3) is 0.945. The van der Waals surface area contributed by atoms with Crippen LogP contribution in [0.1, 0.15) is 304 Å². The summed E-state index contributed by atoms with van der Waals surface area (Å²) in [6.07, 6.45) is 49.5. The summed E-state index contributed by atoms with van der Waals surface area (Å²) in [7, 11) is 0. The maximum absolute atomic E-state index is 12.8. The minimum Gasteiger partial charge on any atom is -0.462 e. The molecule has 362 valence electrons. The van der Waals surface area contributed by atoms with Crippen molar-refractivity contribution in [2.24, 2.45) is 11.8 Å². The maximum Gasteiger partial charge on any atom is 0.306 e. The van der Waals surface area contributed by atoms with Crippen LogP contribution in [-0.2, 0) is 28.6 Å². The maximum atomic E-state index is 12.8. The minimum atomic E-state index is -0.762. The van der Waals surface area contributed by atoms with Gasteiger partial charge in [-0.05, 0) is 31.1 Å². The number of carbonyl (C=O) groups excluding carboxylic acids is 3. The lowest BCUT2D eigenvalue weighted by Gasteiger charge is -2.18. The molecule has 0 aromatic heterocycles. The molecule has 6 heteroatoms. The largest absolute Gasteiger partial charge is 0.462 e. The van der Waals surface area contributed by atoms with E-state index in [1.807, 2.05) is 0 Å². The lowest BCUT2D eigenvalue weighted by molar-refractivity contribution is -0.167. The van der Waals surface area contributed by atoms with Crippen molar-refractivity contribution in [1.82, 2.24) is 0 Å². The van der Waals surface area contributed by atoms with E-state index < -0.39 is 6.10 Å². The van der Waals surface area contributed by atoms with Crippen molar-refractivity contribution >= 4 is 17.9 Å². The summed E-state index contributed by atoms with van der Waals surface area (Å²) in [5.74, 6) is 0.806. The lowest BCUT2D eigenvalue weighted by Crippen LogP contribution is -2.30. The van der Waals surface area contributed by atoms with Crippen molar-refractivity contribution in [3.05, 3.63) is 0 Å². The number of carbonyl (C=O) groups is 3. The highest BCUT2D eigenvalue weighted by atomic mass is 16.6. The van der Waals surface area contributed by atoms with E-state index in [4.69, 9.17) is 14.2 Å². The van der Waals surface area contributed by atoms with Gasteiger partial charge in [-0.15, -0.1) is 0 Å². The SMILES string of the molecule is CCCCCCCCCCCCCCCCC(=O)OC[C@@H](COC(=O)CCCCCCCCCCCCCCCCC(C)C)OC(=O)CCCCCCCCCCCC(C)C. The first-order valence-corrected chi connectivity index (χ1v) is 27.2. The molecule has 0 aromatic rings. The molecule has 0 rings (SSSR count). The van der Waals surface area contributed by atoms with Crippen LogP contribution in [0.4, 0.5) is 0 Å². The summed E-state index contributed by atoms with van der Waals surface area (Å²) in [5.41, 5.74) is 0. The smallest absolute Gasteiger partial charge is 0.306 e. The van der Waals surface area contributed by atoms with Gasteiger partial charge in [0.25, 0.3) is 0 Å². The quantitative estimate of drug-likeness (QED) is 0.0344. The highest BCUT2D eigenvalue weighted by molar-refractivity contribution is 5.71. The molecule has 0 N–H and O–H groups in total. The van der Waals surface area contributed by atoms with Crippen LogP contribution < -0.4 is 0 Å². The van der Waals surface area contributed by atoms with Gasteiger partial charge < -0.3 is 14.2 Å². The first kappa shape index (κ1) is 59.4. The van der Waals surface area contributed by atoms with Crippen molar-refractivity contribution in [3.8, 4) is 0 Å². The van der Waals surface area contributed by atoms with Crippen LogP contribution in [-0.4, -0.2) is 37.2 Å². The third-order valence-corrected chi connectivity index (χ3v) is 12.5. The molecule has 0 unspecified atom stereocenters. The Morgan fingerprint density at radius 1 is 0.311 bits per heavy atom. The second-order valence-electron chi connectivity index (χ2n) is 19.8. The van der Waals surface area contributed by atoms with E-state index in [1.54, 1.807) is 0 Å². The van der Waals surface area contributed by atoms with E-state index in [-0.39, 0.29) is 31.1 Å². The molecule has 6 nitrogen and oxygen atoms in total. The fourth-order valence-electron chi connectivity index (χ4n) is 8.34. The van der Waals surface area contributed by atoms with Crippen LogP contribution in [0.5, 0.6) is 0 Å². The summed E-state index contributed by atoms with van der Waals surface area (Å²) < 4.78 is 16.8. The number of esters is 3. The van der Waals surface area contributed by atoms with Crippen molar-refractivity contribution in [1.29, 1.82) is 0 Å². The number of ether oxygens (including phenoxy) is 3. The molecular weight excluding hydrogens is 757 g/mol. The lowest BCUT2D eigenvalue weighted by atomic mass is 10.0. The minimum absolute atomic E-state index is 0.0634. The highest BCUT2D eigenvalue weighted by Crippen LogP contribution is 2.18. The Labute approximate surface area is 380 Å². The van der Waals surface area contributed by atoms with Crippen LogP contribution in [0.3, 0.4) is 0 Å². The van der Waals surface area contributed by atoms with E-state index in [0.717, 1.165) is 69.6 Å². The van der Waals surface area contributed by atoms with Crippen LogP contribution in [0.15, 0.2) is 0 Å². The Bertz CT molecular complexity index is 931. The number of unbranched alkanes of at least 4 members (excludes halogenated alkanes) is 34. The fourth-order valence-corrected chi connectivity index (χ4v) is 8.34. The predicted molar refractivity (Wildman–Crippen MR) is 261 cm³/mol. The van der Waals surface area contributed by atoms with E-state index >= 15 is 0 Å². The predicted octanol–water partition coefficient (Wildman–Crippen LogP) is 17.7. The van der Waals surface area contributed by atoms with Gasteiger partial charge in [-0.25, -0.2) is 0 Å². The molecule has 0 fully saturated rings. The molecule has 61 heavy (non-hydrogen) atoms. The van der Waals surface area contributed by atoms with E-state index in [2.05, 4.69) is 34.6 Å². The molecule has 0 saturated heterocycles. The van der Waals surface area contributed by atoms with Crippen LogP contribution in [0, 0.1) is 11.8 Å². The summed E-state index contributed by atoms with van der Waals surface area (Å²) in [6.45, 7) is 11.4. The van der Waals surface area contributed by atoms with Gasteiger partial charge in [0.05, 0.1) is 0 Å². The van der Waals surface area contributed by atoms with Crippen molar-refractivity contribution in [2.45, 2.75) is 310 Å². The molecule has 0 heterocycles. The zero-order valence-electron chi connectivity index (χ0n) is 41.8. The molecule has 0 aromatic carbocycles. The Hall–Kier alpha value is -1.59. The monoisotopic (exact) mass is 863 g/mol. The third-order valence-electron chi connectivity index (χ3n) is 12.5. The van der Waals surface area contributed by atoms with Gasteiger partial charge in [0.2, 0.25) is 0 Å². The number of hydrogen-bond acceptors (Lipinski definition) is 6. The molecular formula is C55H106O6. The molecule has 0 spiro atoms. The molecule has 0 bridgehead atoms. The Morgan fingerprint density at radius 3 is 0.803 bits per heavy atom. The molecule has 1 atom stereocenters. The van der Waals surface area contributed by atoms with E-state index in [1.165, 1.54) is 193 Å². The van der Waals surface area contributed by atoms with Crippen LogP contribution in [0.25, 0.3) is 0 Å². The summed E-state index contributed by atoms with van der Waals surface area (Å²) in [5, 5.41) is 0.